The van der Waals surface area contributed by atoms with Crippen LogP contribution < -0.4 is 0 Å². The zero-order valence-electron chi connectivity index (χ0n) is 11.9. The monoisotopic (exact) mass is 356 g/mol. The number of unbranched alkanes of at least 4 members (excludes halogenated alkanes) is 1. The average Bonchev–Trinajstić information content (AvgIpc) is 2.25. The topological polar surface area (TPSA) is 0 Å². The van der Waals surface area contributed by atoms with Gasteiger partial charge < -0.3 is 0 Å². The summed E-state index contributed by atoms with van der Waals surface area (Å²) in [6.45, 7) is 7.05. The zero-order chi connectivity index (χ0) is 13.2. The van der Waals surface area contributed by atoms with Crippen LogP contribution in [0.2, 0.25) is 0 Å². The van der Waals surface area contributed by atoms with Gasteiger partial charge >= 0.3 is 0 Å². The number of hydrogen-bond acceptors (Lipinski definition) is 0. The molecule has 0 nitrogen and oxygen atoms in total. The minimum Gasteiger partial charge on any atom is -0.0864 e. The second kappa shape index (κ2) is 5.94. The van der Waals surface area contributed by atoms with Gasteiger partial charge in [0.1, 0.15) is 0 Å². The van der Waals surface area contributed by atoms with E-state index in [9.17, 15) is 0 Å². The van der Waals surface area contributed by atoms with Gasteiger partial charge in [-0.25, -0.2) is 0 Å². The predicted octanol–water partition coefficient (Wildman–Crippen LogP) is 5.52. The Balaban J connectivity index is 1.94. The third-order valence-electron chi connectivity index (χ3n) is 3.82. The molecule has 1 atom stereocenters. The molecule has 100 valence electrons. The highest BCUT2D eigenvalue weighted by Gasteiger charge is 2.29. The Morgan fingerprint density at radius 1 is 1.22 bits per heavy atom. The summed E-state index contributed by atoms with van der Waals surface area (Å²) in [7, 11) is 0. The number of alkyl halides is 1. The summed E-state index contributed by atoms with van der Waals surface area (Å²) in [6.07, 6.45) is 6.60. The van der Waals surface area contributed by atoms with Crippen LogP contribution in [0.3, 0.4) is 0 Å². The first-order valence-corrected chi connectivity index (χ1v) is 8.70. The van der Waals surface area contributed by atoms with Crippen molar-refractivity contribution in [3.63, 3.8) is 0 Å². The molecule has 0 spiro atoms. The summed E-state index contributed by atoms with van der Waals surface area (Å²) >= 11 is 2.47. The molecule has 0 saturated heterocycles. The molecular weight excluding hydrogens is 331 g/mol. The Morgan fingerprint density at radius 2 is 2.00 bits per heavy atom. The third kappa shape index (κ3) is 3.72. The Morgan fingerprint density at radius 3 is 2.61 bits per heavy atom. The molecule has 0 N–H and O–H groups in total. The molecule has 0 aliphatic heterocycles. The molecule has 0 radical (unpaired) electrons. The molecule has 1 aromatic rings. The van der Waals surface area contributed by atoms with E-state index in [-0.39, 0.29) is 0 Å². The van der Waals surface area contributed by atoms with Crippen LogP contribution in [-0.4, -0.2) is 4.43 Å². The van der Waals surface area contributed by atoms with Crippen molar-refractivity contribution in [2.75, 3.05) is 4.43 Å². The van der Waals surface area contributed by atoms with Crippen LogP contribution in [-0.2, 0) is 12.8 Å². The molecular formula is C17H25I. The Hall–Kier alpha value is -0.0500. The van der Waals surface area contributed by atoms with Crippen molar-refractivity contribution in [1.82, 2.24) is 0 Å². The fourth-order valence-corrected chi connectivity index (χ4v) is 3.52. The van der Waals surface area contributed by atoms with Crippen molar-refractivity contribution in [3.05, 3.63) is 34.9 Å². The molecule has 1 unspecified atom stereocenters. The van der Waals surface area contributed by atoms with E-state index in [1.54, 1.807) is 16.7 Å². The Kier molecular flexibility index (Phi) is 4.74. The van der Waals surface area contributed by atoms with Crippen LogP contribution in [0, 0.1) is 5.41 Å². The lowest BCUT2D eigenvalue weighted by Crippen LogP contribution is -2.22. The van der Waals surface area contributed by atoms with Gasteiger partial charge in [-0.2, -0.15) is 0 Å². The van der Waals surface area contributed by atoms with Gasteiger partial charge in [0.05, 0.1) is 0 Å². The first-order chi connectivity index (χ1) is 8.49. The van der Waals surface area contributed by atoms with Crippen molar-refractivity contribution in [2.24, 2.45) is 5.41 Å². The minimum atomic E-state index is 0.460. The SMILES string of the molecule is CC(C)(C)CC1Cc2cc(CCCCI)ccc21. The second-order valence-electron chi connectivity index (χ2n) is 6.85. The van der Waals surface area contributed by atoms with E-state index in [0.717, 1.165) is 5.92 Å². The molecule has 0 bridgehead atoms. The van der Waals surface area contributed by atoms with Crippen LogP contribution >= 0.6 is 22.6 Å². The number of aryl methyl sites for hydroxylation is 1. The standard InChI is InChI=1S/C17H25I/c1-17(2,3)12-15-11-14-10-13(6-4-5-9-18)7-8-16(14)15/h7-8,10,15H,4-6,9,11-12H2,1-3H3. The zero-order valence-corrected chi connectivity index (χ0v) is 14.1. The van der Waals surface area contributed by atoms with Crippen molar-refractivity contribution < 1.29 is 0 Å². The molecule has 18 heavy (non-hydrogen) atoms. The molecule has 0 heterocycles. The summed E-state index contributed by atoms with van der Waals surface area (Å²) in [4.78, 5) is 0. The molecule has 0 amide bonds. The van der Waals surface area contributed by atoms with Crippen LogP contribution in [0.1, 0.15) is 62.6 Å². The molecule has 1 heteroatoms. The lowest BCUT2D eigenvalue weighted by Gasteiger charge is -2.35. The second-order valence-corrected chi connectivity index (χ2v) is 7.92. The fraction of sp³-hybridized carbons (Fsp3) is 0.647. The van der Waals surface area contributed by atoms with Gasteiger partial charge in [0, 0.05) is 0 Å². The molecule has 0 aromatic heterocycles. The first kappa shape index (κ1) is 14.4. The molecule has 0 fully saturated rings. The highest BCUT2D eigenvalue weighted by Crippen LogP contribution is 2.42. The molecule has 1 aromatic carbocycles. The van der Waals surface area contributed by atoms with Gasteiger partial charge in [0.25, 0.3) is 0 Å². The number of hydrogen-bond donors (Lipinski definition) is 0. The number of rotatable bonds is 5. The van der Waals surface area contributed by atoms with E-state index >= 15 is 0 Å². The predicted molar refractivity (Wildman–Crippen MR) is 88.8 cm³/mol. The van der Waals surface area contributed by atoms with E-state index in [4.69, 9.17) is 0 Å². The molecule has 1 aliphatic rings. The average molecular weight is 356 g/mol. The minimum absolute atomic E-state index is 0.460. The Labute approximate surface area is 126 Å². The highest BCUT2D eigenvalue weighted by molar-refractivity contribution is 14.1. The van der Waals surface area contributed by atoms with Gasteiger partial charge in [-0.05, 0) is 64.6 Å². The first-order valence-electron chi connectivity index (χ1n) is 7.17. The van der Waals surface area contributed by atoms with Crippen molar-refractivity contribution in [2.45, 2.75) is 58.8 Å². The molecule has 2 rings (SSSR count). The van der Waals surface area contributed by atoms with Crippen molar-refractivity contribution in [1.29, 1.82) is 0 Å². The van der Waals surface area contributed by atoms with Gasteiger partial charge in [-0.1, -0.05) is 61.6 Å². The van der Waals surface area contributed by atoms with E-state index < -0.39 is 0 Å². The summed E-state index contributed by atoms with van der Waals surface area (Å²) in [5, 5.41) is 0. The quantitative estimate of drug-likeness (QED) is 0.370. The van der Waals surface area contributed by atoms with Crippen LogP contribution in [0.25, 0.3) is 0 Å². The smallest absolute Gasteiger partial charge is 0.000461 e. The molecule has 0 saturated carbocycles. The number of halogens is 1. The maximum atomic E-state index is 2.47. The van der Waals surface area contributed by atoms with Gasteiger partial charge in [0.2, 0.25) is 0 Å². The summed E-state index contributed by atoms with van der Waals surface area (Å²) < 4.78 is 1.29. The Bertz CT molecular complexity index is 401. The maximum Gasteiger partial charge on any atom is -0.000461 e. The number of fused-ring (bicyclic) bond motifs is 1. The molecule has 1 aliphatic carbocycles. The maximum absolute atomic E-state index is 2.47. The fourth-order valence-electron chi connectivity index (χ4n) is 2.98. The van der Waals surface area contributed by atoms with Crippen LogP contribution in [0.5, 0.6) is 0 Å². The van der Waals surface area contributed by atoms with Crippen LogP contribution in [0.4, 0.5) is 0 Å². The van der Waals surface area contributed by atoms with E-state index in [1.807, 2.05) is 0 Å². The summed E-state index contributed by atoms with van der Waals surface area (Å²) in [6, 6.07) is 7.22. The lowest BCUT2D eigenvalue weighted by molar-refractivity contribution is 0.323. The van der Waals surface area contributed by atoms with Crippen molar-refractivity contribution >= 4 is 22.6 Å². The summed E-state index contributed by atoms with van der Waals surface area (Å²) in [5.41, 5.74) is 5.26. The van der Waals surface area contributed by atoms with Crippen molar-refractivity contribution in [3.8, 4) is 0 Å². The van der Waals surface area contributed by atoms with E-state index in [1.165, 1.54) is 36.5 Å². The van der Waals surface area contributed by atoms with Crippen LogP contribution in [0.15, 0.2) is 18.2 Å². The normalized spacial score (nSPS) is 18.3. The largest absolute Gasteiger partial charge is 0.0864 e. The summed E-state index contributed by atoms with van der Waals surface area (Å²) in [5.74, 6) is 0.823. The van der Waals surface area contributed by atoms with Gasteiger partial charge in [-0.15, -0.1) is 0 Å². The highest BCUT2D eigenvalue weighted by atomic mass is 127. The van der Waals surface area contributed by atoms with E-state index in [0.29, 0.717) is 5.41 Å². The number of benzene rings is 1. The third-order valence-corrected chi connectivity index (χ3v) is 4.58. The van der Waals surface area contributed by atoms with Gasteiger partial charge in [0.15, 0.2) is 0 Å². The lowest BCUT2D eigenvalue weighted by atomic mass is 9.69. The van der Waals surface area contributed by atoms with E-state index in [2.05, 4.69) is 61.6 Å². The van der Waals surface area contributed by atoms with Gasteiger partial charge in [-0.3, -0.25) is 0 Å².